The number of amides is 1. The van der Waals surface area contributed by atoms with Crippen LogP contribution in [0.25, 0.3) is 0 Å². The third-order valence-electron chi connectivity index (χ3n) is 3.53. The molecule has 1 aliphatic rings. The number of sulfonamides is 1. The molecule has 1 atom stereocenters. The number of carbonyl (C=O) groups is 1. The summed E-state index contributed by atoms with van der Waals surface area (Å²) in [5.74, 6) is -0.0665. The molecule has 6 nitrogen and oxygen atoms in total. The number of anilines is 1. The molecule has 1 unspecified atom stereocenters. The minimum atomic E-state index is -3.50. The number of fused-ring (bicyclic) bond motifs is 1. The third kappa shape index (κ3) is 3.60. The lowest BCUT2D eigenvalue weighted by molar-refractivity contribution is -0.118. The Kier molecular flexibility index (Phi) is 5.97. The zero-order chi connectivity index (χ0) is 15.8. The van der Waals surface area contributed by atoms with E-state index in [1.165, 1.54) is 14.1 Å². The molecular formula is C14H22ClN3O3S. The normalized spacial score (nSPS) is 15.4. The zero-order valence-corrected chi connectivity index (χ0v) is 14.6. The Morgan fingerprint density at radius 1 is 1.41 bits per heavy atom. The number of benzene rings is 1. The van der Waals surface area contributed by atoms with Gasteiger partial charge in [-0.1, -0.05) is 6.07 Å². The summed E-state index contributed by atoms with van der Waals surface area (Å²) in [7, 11) is -0.525. The number of nitrogens with two attached hydrogens (primary N) is 1. The van der Waals surface area contributed by atoms with Gasteiger partial charge in [0.05, 0.1) is 4.90 Å². The molecule has 0 radical (unpaired) electrons. The summed E-state index contributed by atoms with van der Waals surface area (Å²) in [6.07, 6.45) is 0.992. The number of hydrogen-bond acceptors (Lipinski definition) is 4. The van der Waals surface area contributed by atoms with Crippen molar-refractivity contribution in [2.24, 2.45) is 5.73 Å². The first-order valence-electron chi connectivity index (χ1n) is 6.85. The fourth-order valence-corrected chi connectivity index (χ4v) is 3.30. The van der Waals surface area contributed by atoms with Gasteiger partial charge in [-0.3, -0.25) is 4.79 Å². The lowest BCUT2D eigenvalue weighted by Crippen LogP contribution is -2.33. The number of carbonyl (C=O) groups excluding carboxylic acids is 1. The highest BCUT2D eigenvalue weighted by Crippen LogP contribution is 2.31. The van der Waals surface area contributed by atoms with Crippen molar-refractivity contribution in [2.75, 3.05) is 25.5 Å². The van der Waals surface area contributed by atoms with Gasteiger partial charge in [0.25, 0.3) is 0 Å². The summed E-state index contributed by atoms with van der Waals surface area (Å²) in [4.78, 5) is 14.0. The van der Waals surface area contributed by atoms with E-state index < -0.39 is 10.0 Å². The Labute approximate surface area is 137 Å². The van der Waals surface area contributed by atoms with Crippen molar-refractivity contribution in [1.82, 2.24) is 4.31 Å². The van der Waals surface area contributed by atoms with Crippen molar-refractivity contribution in [3.8, 4) is 0 Å². The average Bonchev–Trinajstić information content (AvgIpc) is 2.80. The van der Waals surface area contributed by atoms with E-state index in [1.54, 1.807) is 30.0 Å². The second kappa shape index (κ2) is 6.95. The van der Waals surface area contributed by atoms with Crippen LogP contribution in [-0.2, 0) is 21.2 Å². The smallest absolute Gasteiger partial charge is 0.242 e. The van der Waals surface area contributed by atoms with Crippen LogP contribution < -0.4 is 10.6 Å². The van der Waals surface area contributed by atoms with Crippen molar-refractivity contribution in [2.45, 2.75) is 30.7 Å². The molecule has 124 valence electrons. The largest absolute Gasteiger partial charge is 0.327 e. The number of rotatable bonds is 4. The summed E-state index contributed by atoms with van der Waals surface area (Å²) in [6.45, 7) is 2.36. The fraction of sp³-hybridized carbons (Fsp3) is 0.500. The van der Waals surface area contributed by atoms with Crippen molar-refractivity contribution in [3.63, 3.8) is 0 Å². The number of nitrogens with zero attached hydrogens (tertiary/aromatic N) is 2. The number of hydrogen-bond donors (Lipinski definition) is 1. The van der Waals surface area contributed by atoms with E-state index in [0.29, 0.717) is 12.2 Å². The van der Waals surface area contributed by atoms with Gasteiger partial charge in [-0.15, -0.1) is 12.4 Å². The van der Waals surface area contributed by atoms with E-state index in [2.05, 4.69) is 0 Å². The van der Waals surface area contributed by atoms with Crippen LogP contribution >= 0.6 is 12.4 Å². The van der Waals surface area contributed by atoms with Crippen LogP contribution in [-0.4, -0.2) is 45.3 Å². The molecule has 0 bridgehead atoms. The monoisotopic (exact) mass is 347 g/mol. The van der Waals surface area contributed by atoms with Gasteiger partial charge in [0.15, 0.2) is 0 Å². The van der Waals surface area contributed by atoms with E-state index in [-0.39, 0.29) is 35.7 Å². The molecule has 2 rings (SSSR count). The molecule has 0 saturated carbocycles. The number of halogens is 1. The Hall–Kier alpha value is -1.15. The van der Waals surface area contributed by atoms with E-state index in [9.17, 15) is 13.2 Å². The highest BCUT2D eigenvalue weighted by atomic mass is 35.5. The zero-order valence-electron chi connectivity index (χ0n) is 12.9. The molecule has 0 aromatic heterocycles. The topological polar surface area (TPSA) is 83.7 Å². The predicted molar refractivity (Wildman–Crippen MR) is 88.9 cm³/mol. The fourth-order valence-electron chi connectivity index (χ4n) is 2.37. The molecule has 0 aliphatic carbocycles. The molecule has 2 N–H and O–H groups in total. The SMILES string of the molecule is CC(N)CC(=O)N1CCc2ccc(S(=O)(=O)N(C)C)cc21.Cl. The van der Waals surface area contributed by atoms with Crippen LogP contribution in [0.5, 0.6) is 0 Å². The van der Waals surface area contributed by atoms with Crippen LogP contribution in [0, 0.1) is 0 Å². The molecule has 22 heavy (non-hydrogen) atoms. The van der Waals surface area contributed by atoms with Gasteiger partial charge in [-0.05, 0) is 31.0 Å². The first-order valence-corrected chi connectivity index (χ1v) is 8.29. The molecular weight excluding hydrogens is 326 g/mol. The molecule has 0 fully saturated rings. The van der Waals surface area contributed by atoms with E-state index in [0.717, 1.165) is 16.3 Å². The summed E-state index contributed by atoms with van der Waals surface area (Å²) in [5, 5.41) is 0. The van der Waals surface area contributed by atoms with Crippen molar-refractivity contribution in [3.05, 3.63) is 23.8 Å². The molecule has 1 aliphatic heterocycles. The summed E-state index contributed by atoms with van der Waals surface area (Å²) < 4.78 is 25.5. The first kappa shape index (κ1) is 18.9. The van der Waals surface area contributed by atoms with Gasteiger partial charge < -0.3 is 10.6 Å². The summed E-state index contributed by atoms with van der Waals surface area (Å²) in [6, 6.07) is 4.74. The van der Waals surface area contributed by atoms with E-state index in [1.807, 2.05) is 0 Å². The average molecular weight is 348 g/mol. The van der Waals surface area contributed by atoms with Gasteiger partial charge in [0.2, 0.25) is 15.9 Å². The molecule has 0 spiro atoms. The van der Waals surface area contributed by atoms with Crippen LogP contribution in [0.3, 0.4) is 0 Å². The first-order chi connectivity index (χ1) is 9.73. The maximum Gasteiger partial charge on any atom is 0.242 e. The lowest BCUT2D eigenvalue weighted by atomic mass is 10.1. The second-order valence-corrected chi connectivity index (χ2v) is 7.71. The van der Waals surface area contributed by atoms with Crippen LogP contribution in [0.2, 0.25) is 0 Å². The summed E-state index contributed by atoms with van der Waals surface area (Å²) >= 11 is 0. The second-order valence-electron chi connectivity index (χ2n) is 5.55. The Bertz CT molecular complexity index is 659. The van der Waals surface area contributed by atoms with Crippen molar-refractivity contribution in [1.29, 1.82) is 0 Å². The Morgan fingerprint density at radius 3 is 2.59 bits per heavy atom. The molecule has 1 amide bonds. The Balaban J connectivity index is 0.00000242. The molecule has 1 heterocycles. The van der Waals surface area contributed by atoms with Crippen LogP contribution in [0.1, 0.15) is 18.9 Å². The van der Waals surface area contributed by atoms with Crippen LogP contribution in [0.15, 0.2) is 23.1 Å². The molecule has 8 heteroatoms. The predicted octanol–water partition coefficient (Wildman–Crippen LogP) is 0.985. The minimum Gasteiger partial charge on any atom is -0.327 e. The summed E-state index contributed by atoms with van der Waals surface area (Å²) in [5.41, 5.74) is 7.35. The maximum absolute atomic E-state index is 12.2. The Morgan fingerprint density at radius 2 is 2.05 bits per heavy atom. The van der Waals surface area contributed by atoms with Crippen LogP contribution in [0.4, 0.5) is 5.69 Å². The van der Waals surface area contributed by atoms with Gasteiger partial charge >= 0.3 is 0 Å². The van der Waals surface area contributed by atoms with Gasteiger partial charge in [-0.25, -0.2) is 12.7 Å². The molecule has 1 aromatic rings. The van der Waals surface area contributed by atoms with Crippen molar-refractivity contribution < 1.29 is 13.2 Å². The van der Waals surface area contributed by atoms with Gasteiger partial charge in [0.1, 0.15) is 0 Å². The van der Waals surface area contributed by atoms with Crippen molar-refractivity contribution >= 4 is 34.0 Å². The molecule has 0 saturated heterocycles. The maximum atomic E-state index is 12.2. The minimum absolute atomic E-state index is 0. The van der Waals surface area contributed by atoms with E-state index in [4.69, 9.17) is 5.73 Å². The van der Waals surface area contributed by atoms with E-state index >= 15 is 0 Å². The van der Waals surface area contributed by atoms with Gasteiger partial charge in [0, 0.05) is 38.8 Å². The third-order valence-corrected chi connectivity index (χ3v) is 5.34. The highest BCUT2D eigenvalue weighted by Gasteiger charge is 2.27. The highest BCUT2D eigenvalue weighted by molar-refractivity contribution is 7.89. The quantitative estimate of drug-likeness (QED) is 0.880. The standard InChI is InChI=1S/C14H21N3O3S.ClH/c1-10(15)8-14(18)17-7-6-11-4-5-12(9-13(11)17)21(19,20)16(2)3;/h4-5,9-10H,6-8,15H2,1-3H3;1H. The van der Waals surface area contributed by atoms with Gasteiger partial charge in [-0.2, -0.15) is 0 Å². The molecule has 1 aromatic carbocycles. The lowest BCUT2D eigenvalue weighted by Gasteiger charge is -2.19.